The lowest BCUT2D eigenvalue weighted by atomic mass is 10.1. The summed E-state index contributed by atoms with van der Waals surface area (Å²) < 4.78 is 10.5. The zero-order chi connectivity index (χ0) is 23.0. The molecule has 8 heteroatoms. The maximum atomic E-state index is 12.9. The molecule has 0 bridgehead atoms. The number of piperidine rings is 1. The zero-order valence-corrected chi connectivity index (χ0v) is 18.8. The van der Waals surface area contributed by atoms with Crippen molar-refractivity contribution < 1.29 is 14.3 Å². The zero-order valence-electron chi connectivity index (χ0n) is 18.8. The summed E-state index contributed by atoms with van der Waals surface area (Å²) >= 11 is 0. The minimum atomic E-state index is -0.399. The van der Waals surface area contributed by atoms with Crippen LogP contribution in [0.1, 0.15) is 35.3 Å². The van der Waals surface area contributed by atoms with E-state index >= 15 is 0 Å². The SMILES string of the molecule is COc1ccc(/C=N/NC(=O)c2cc(-c3ccccc3)nc(N3CCCCC3)n2)cc1OC. The molecule has 0 unspecified atom stereocenters. The van der Waals surface area contributed by atoms with Gasteiger partial charge in [-0.3, -0.25) is 4.79 Å². The molecule has 0 aliphatic carbocycles. The topological polar surface area (TPSA) is 88.9 Å². The van der Waals surface area contributed by atoms with Gasteiger partial charge in [0.1, 0.15) is 5.69 Å². The van der Waals surface area contributed by atoms with Crippen LogP contribution in [0.3, 0.4) is 0 Å². The highest BCUT2D eigenvalue weighted by Crippen LogP contribution is 2.27. The van der Waals surface area contributed by atoms with Crippen LogP contribution in [0.4, 0.5) is 5.95 Å². The summed E-state index contributed by atoms with van der Waals surface area (Å²) in [6.45, 7) is 1.77. The Morgan fingerprint density at radius 2 is 1.73 bits per heavy atom. The number of hydrogen-bond donors (Lipinski definition) is 1. The molecule has 8 nitrogen and oxygen atoms in total. The van der Waals surface area contributed by atoms with Gasteiger partial charge in [-0.05, 0) is 49.1 Å². The number of carbonyl (C=O) groups is 1. The molecule has 3 aromatic rings. The standard InChI is InChI=1S/C25H27N5O3/c1-32-22-12-11-18(15-23(22)33-2)17-26-29-24(31)21-16-20(19-9-5-3-6-10-19)27-25(28-21)30-13-7-4-8-14-30/h3,5-6,9-12,15-17H,4,7-8,13-14H2,1-2H3,(H,29,31)/b26-17+. The lowest BCUT2D eigenvalue weighted by molar-refractivity contribution is 0.0950. The van der Waals surface area contributed by atoms with Gasteiger partial charge in [0.15, 0.2) is 11.5 Å². The van der Waals surface area contributed by atoms with E-state index in [-0.39, 0.29) is 5.69 Å². The number of benzene rings is 2. The molecule has 0 saturated carbocycles. The lowest BCUT2D eigenvalue weighted by Gasteiger charge is -2.27. The van der Waals surface area contributed by atoms with Crippen molar-refractivity contribution in [3.63, 3.8) is 0 Å². The number of nitrogens with one attached hydrogen (secondary N) is 1. The second-order valence-corrected chi connectivity index (χ2v) is 7.67. The Balaban J connectivity index is 1.56. The van der Waals surface area contributed by atoms with Gasteiger partial charge >= 0.3 is 0 Å². The van der Waals surface area contributed by atoms with E-state index in [9.17, 15) is 4.79 Å². The molecule has 1 saturated heterocycles. The quantitative estimate of drug-likeness (QED) is 0.438. The van der Waals surface area contributed by atoms with Gasteiger partial charge in [0.2, 0.25) is 5.95 Å². The van der Waals surface area contributed by atoms with Crippen LogP contribution in [0, 0.1) is 0 Å². The third kappa shape index (κ3) is 5.46. The number of hydrogen-bond acceptors (Lipinski definition) is 7. The smallest absolute Gasteiger partial charge is 0.290 e. The molecular formula is C25H27N5O3. The molecule has 0 atom stereocenters. The molecular weight excluding hydrogens is 418 g/mol. The normalized spacial score (nSPS) is 13.7. The van der Waals surface area contributed by atoms with Crippen LogP contribution in [0.25, 0.3) is 11.3 Å². The third-order valence-electron chi connectivity index (χ3n) is 5.44. The number of carbonyl (C=O) groups excluding carboxylic acids is 1. The molecule has 1 aliphatic rings. The van der Waals surface area contributed by atoms with Crippen LogP contribution < -0.4 is 19.8 Å². The van der Waals surface area contributed by atoms with Crippen LogP contribution in [-0.4, -0.2) is 49.4 Å². The number of nitrogens with zero attached hydrogens (tertiary/aromatic N) is 4. The molecule has 33 heavy (non-hydrogen) atoms. The Morgan fingerprint density at radius 1 is 0.970 bits per heavy atom. The molecule has 1 aliphatic heterocycles. The van der Waals surface area contributed by atoms with Crippen molar-refractivity contribution in [2.75, 3.05) is 32.2 Å². The minimum absolute atomic E-state index is 0.272. The Labute approximate surface area is 193 Å². The van der Waals surface area contributed by atoms with Crippen molar-refractivity contribution in [2.45, 2.75) is 19.3 Å². The highest BCUT2D eigenvalue weighted by atomic mass is 16.5. The van der Waals surface area contributed by atoms with Gasteiger partial charge < -0.3 is 14.4 Å². The molecule has 0 spiro atoms. The van der Waals surface area contributed by atoms with E-state index in [0.717, 1.165) is 37.1 Å². The van der Waals surface area contributed by atoms with Gasteiger partial charge in [-0.2, -0.15) is 5.10 Å². The number of ether oxygens (including phenoxy) is 2. The van der Waals surface area contributed by atoms with Crippen molar-refractivity contribution in [2.24, 2.45) is 5.10 Å². The maximum absolute atomic E-state index is 12.9. The summed E-state index contributed by atoms with van der Waals surface area (Å²) in [6, 6.07) is 16.9. The average Bonchev–Trinajstić information content (AvgIpc) is 2.89. The Bertz CT molecular complexity index is 1130. The third-order valence-corrected chi connectivity index (χ3v) is 5.44. The maximum Gasteiger partial charge on any atom is 0.290 e. The van der Waals surface area contributed by atoms with E-state index in [0.29, 0.717) is 23.1 Å². The summed E-state index contributed by atoms with van der Waals surface area (Å²) in [5.74, 6) is 1.38. The highest BCUT2D eigenvalue weighted by Gasteiger charge is 2.18. The monoisotopic (exact) mass is 445 g/mol. The van der Waals surface area contributed by atoms with E-state index in [1.807, 2.05) is 36.4 Å². The van der Waals surface area contributed by atoms with E-state index < -0.39 is 5.91 Å². The minimum Gasteiger partial charge on any atom is -0.493 e. The van der Waals surface area contributed by atoms with Gasteiger partial charge in [0.05, 0.1) is 26.1 Å². The predicted octanol–water partition coefficient (Wildman–Crippen LogP) is 3.92. The molecule has 1 amide bonds. The highest BCUT2D eigenvalue weighted by molar-refractivity contribution is 5.94. The lowest BCUT2D eigenvalue weighted by Crippen LogP contribution is -2.32. The van der Waals surface area contributed by atoms with Crippen molar-refractivity contribution in [3.05, 3.63) is 65.9 Å². The van der Waals surface area contributed by atoms with Crippen molar-refractivity contribution in [3.8, 4) is 22.8 Å². The van der Waals surface area contributed by atoms with Crippen molar-refractivity contribution in [1.82, 2.24) is 15.4 Å². The van der Waals surface area contributed by atoms with Gasteiger partial charge in [-0.15, -0.1) is 0 Å². The molecule has 1 fully saturated rings. The molecule has 1 aromatic heterocycles. The predicted molar refractivity (Wildman–Crippen MR) is 128 cm³/mol. The van der Waals surface area contributed by atoms with Gasteiger partial charge in [-0.1, -0.05) is 30.3 Å². The fourth-order valence-electron chi connectivity index (χ4n) is 3.70. The summed E-state index contributed by atoms with van der Waals surface area (Å²) in [7, 11) is 3.15. The summed E-state index contributed by atoms with van der Waals surface area (Å²) in [5, 5.41) is 4.10. The van der Waals surface area contributed by atoms with Crippen LogP contribution in [0.15, 0.2) is 59.7 Å². The fraction of sp³-hybridized carbons (Fsp3) is 0.280. The second kappa shape index (κ2) is 10.6. The van der Waals surface area contributed by atoms with Gasteiger partial charge in [-0.25, -0.2) is 15.4 Å². The number of methoxy groups -OCH3 is 2. The van der Waals surface area contributed by atoms with E-state index in [2.05, 4.69) is 20.4 Å². The molecule has 1 N–H and O–H groups in total. The van der Waals surface area contributed by atoms with E-state index in [4.69, 9.17) is 14.5 Å². The Morgan fingerprint density at radius 3 is 2.45 bits per heavy atom. The first kappa shape index (κ1) is 22.3. The number of amides is 1. The number of rotatable bonds is 7. The first-order valence-electron chi connectivity index (χ1n) is 10.9. The molecule has 170 valence electrons. The van der Waals surface area contributed by atoms with Gasteiger partial charge in [0, 0.05) is 18.7 Å². The average molecular weight is 446 g/mol. The Hall–Kier alpha value is -3.94. The van der Waals surface area contributed by atoms with Crippen LogP contribution in [0.2, 0.25) is 0 Å². The summed E-state index contributed by atoms with van der Waals surface area (Å²) in [4.78, 5) is 24.3. The Kier molecular flexibility index (Phi) is 7.14. The fourth-order valence-corrected chi connectivity index (χ4v) is 3.70. The van der Waals surface area contributed by atoms with Crippen LogP contribution in [-0.2, 0) is 0 Å². The number of hydrazone groups is 1. The molecule has 2 heterocycles. The number of anilines is 1. The first-order valence-corrected chi connectivity index (χ1v) is 10.9. The van der Waals surface area contributed by atoms with Crippen molar-refractivity contribution in [1.29, 1.82) is 0 Å². The molecule has 2 aromatic carbocycles. The summed E-state index contributed by atoms with van der Waals surface area (Å²) in [5.41, 5.74) is 5.24. The summed E-state index contributed by atoms with van der Waals surface area (Å²) in [6.07, 6.45) is 4.93. The largest absolute Gasteiger partial charge is 0.493 e. The van der Waals surface area contributed by atoms with Crippen molar-refractivity contribution >= 4 is 18.1 Å². The van der Waals surface area contributed by atoms with E-state index in [1.165, 1.54) is 6.42 Å². The second-order valence-electron chi connectivity index (χ2n) is 7.67. The number of aromatic nitrogens is 2. The first-order chi connectivity index (χ1) is 16.2. The molecule has 4 rings (SSSR count). The van der Waals surface area contributed by atoms with Crippen LogP contribution in [0.5, 0.6) is 11.5 Å². The molecule has 0 radical (unpaired) electrons. The van der Waals surface area contributed by atoms with Crippen LogP contribution >= 0.6 is 0 Å². The van der Waals surface area contributed by atoms with Gasteiger partial charge in [0.25, 0.3) is 5.91 Å². The van der Waals surface area contributed by atoms with E-state index in [1.54, 1.807) is 38.6 Å².